The first kappa shape index (κ1) is 17.8. The third kappa shape index (κ3) is 3.53. The van der Waals surface area contributed by atoms with Gasteiger partial charge < -0.3 is 4.74 Å². The molecule has 2 aromatic carbocycles. The molecule has 1 aliphatic heterocycles. The lowest BCUT2D eigenvalue weighted by atomic mass is 10.0. The molecule has 1 unspecified atom stereocenters. The van der Waals surface area contributed by atoms with E-state index in [1.165, 1.54) is 29.6 Å². The van der Waals surface area contributed by atoms with E-state index in [1.54, 1.807) is 30.3 Å². The quantitative estimate of drug-likeness (QED) is 0.837. The Kier molecular flexibility index (Phi) is 5.08. The largest absolute Gasteiger partial charge is 0.497 e. The molecule has 1 atom stereocenters. The van der Waals surface area contributed by atoms with Crippen LogP contribution in [0.5, 0.6) is 5.75 Å². The minimum absolute atomic E-state index is 0.213. The van der Waals surface area contributed by atoms with Crippen LogP contribution in [0.2, 0.25) is 0 Å². The normalized spacial score (nSPS) is 19.7. The molecule has 0 saturated carbocycles. The molecule has 0 aromatic heterocycles. The third-order valence-electron chi connectivity index (χ3n) is 4.57. The van der Waals surface area contributed by atoms with Gasteiger partial charge in [-0.25, -0.2) is 12.8 Å². The summed E-state index contributed by atoms with van der Waals surface area (Å²) in [4.78, 5) is 2.20. The maximum atomic E-state index is 14.2. The number of hydrogen-bond acceptors (Lipinski definition) is 4. The molecule has 25 heavy (non-hydrogen) atoms. The van der Waals surface area contributed by atoms with Gasteiger partial charge in [0.1, 0.15) is 11.6 Å². The van der Waals surface area contributed by atoms with Crippen molar-refractivity contribution in [1.82, 2.24) is 9.21 Å². The molecule has 1 fully saturated rings. The topological polar surface area (TPSA) is 49.9 Å². The Morgan fingerprint density at radius 2 is 1.76 bits per heavy atom. The summed E-state index contributed by atoms with van der Waals surface area (Å²) < 4.78 is 46.5. The SMILES string of the molecule is COc1ccc(S(=O)(=O)N2CCN(C)C(c3ccccc3F)C2)cc1. The molecule has 3 rings (SSSR count). The van der Waals surface area contributed by atoms with E-state index < -0.39 is 10.0 Å². The van der Waals surface area contributed by atoms with Crippen LogP contribution >= 0.6 is 0 Å². The molecule has 0 N–H and O–H groups in total. The van der Waals surface area contributed by atoms with Gasteiger partial charge in [-0.05, 0) is 37.4 Å². The predicted molar refractivity (Wildman–Crippen MR) is 93.5 cm³/mol. The van der Waals surface area contributed by atoms with Crippen molar-refractivity contribution in [3.8, 4) is 5.75 Å². The zero-order valence-corrected chi connectivity index (χ0v) is 15.0. The number of benzene rings is 2. The molecule has 0 aliphatic carbocycles. The molecular weight excluding hydrogens is 343 g/mol. The summed E-state index contributed by atoms with van der Waals surface area (Å²) in [6, 6.07) is 12.5. The number of piperazine rings is 1. The average molecular weight is 364 g/mol. The fraction of sp³-hybridized carbons (Fsp3) is 0.333. The number of likely N-dealkylation sites (N-methyl/N-ethyl adjacent to an activating group) is 1. The van der Waals surface area contributed by atoms with Gasteiger partial charge in [-0.2, -0.15) is 4.31 Å². The number of methoxy groups -OCH3 is 1. The van der Waals surface area contributed by atoms with Crippen molar-refractivity contribution in [3.63, 3.8) is 0 Å². The molecular formula is C18H21FN2O3S. The monoisotopic (exact) mass is 364 g/mol. The van der Waals surface area contributed by atoms with Crippen LogP contribution in [0.15, 0.2) is 53.4 Å². The highest BCUT2D eigenvalue weighted by Crippen LogP contribution is 2.29. The van der Waals surface area contributed by atoms with Crippen molar-refractivity contribution < 1.29 is 17.5 Å². The number of rotatable bonds is 4. The standard InChI is InChI=1S/C18H21FN2O3S/c1-20-11-12-21(13-18(20)16-5-3-4-6-17(16)19)25(22,23)15-9-7-14(24-2)8-10-15/h3-10,18H,11-13H2,1-2H3. The average Bonchev–Trinajstić information content (AvgIpc) is 2.62. The molecule has 7 heteroatoms. The Labute approximate surface area is 147 Å². The van der Waals surface area contributed by atoms with Crippen molar-refractivity contribution in [2.24, 2.45) is 0 Å². The van der Waals surface area contributed by atoms with Gasteiger partial charge in [0.25, 0.3) is 0 Å². The molecule has 1 saturated heterocycles. The molecule has 0 amide bonds. The minimum atomic E-state index is -3.64. The van der Waals surface area contributed by atoms with Crippen molar-refractivity contribution in [3.05, 3.63) is 59.9 Å². The molecule has 134 valence electrons. The van der Waals surface area contributed by atoms with E-state index in [-0.39, 0.29) is 23.3 Å². The summed E-state index contributed by atoms with van der Waals surface area (Å²) in [5, 5.41) is 0. The number of halogens is 1. The van der Waals surface area contributed by atoms with Crippen LogP contribution in [0.25, 0.3) is 0 Å². The number of sulfonamides is 1. The van der Waals surface area contributed by atoms with Crippen LogP contribution < -0.4 is 4.74 Å². The Bertz CT molecular complexity index is 840. The lowest BCUT2D eigenvalue weighted by Gasteiger charge is -2.39. The first-order valence-corrected chi connectivity index (χ1v) is 9.46. The first-order valence-electron chi connectivity index (χ1n) is 8.02. The van der Waals surface area contributed by atoms with Crippen LogP contribution in [-0.2, 0) is 10.0 Å². The number of hydrogen-bond donors (Lipinski definition) is 0. The number of nitrogens with zero attached hydrogens (tertiary/aromatic N) is 2. The summed E-state index contributed by atoms with van der Waals surface area (Å²) >= 11 is 0. The van der Waals surface area contributed by atoms with E-state index in [0.717, 1.165) is 0 Å². The summed E-state index contributed by atoms with van der Waals surface area (Å²) in [6.45, 7) is 1.12. The summed E-state index contributed by atoms with van der Waals surface area (Å²) in [7, 11) is -0.221. The van der Waals surface area contributed by atoms with Crippen molar-refractivity contribution in [1.29, 1.82) is 0 Å². The second-order valence-electron chi connectivity index (χ2n) is 6.06. The molecule has 2 aromatic rings. The lowest BCUT2D eigenvalue weighted by molar-refractivity contribution is 0.145. The first-order chi connectivity index (χ1) is 11.9. The molecule has 5 nitrogen and oxygen atoms in total. The van der Waals surface area contributed by atoms with Crippen molar-refractivity contribution in [2.75, 3.05) is 33.8 Å². The van der Waals surface area contributed by atoms with E-state index in [4.69, 9.17) is 4.74 Å². The summed E-state index contributed by atoms with van der Waals surface area (Å²) in [5.41, 5.74) is 0.514. The fourth-order valence-electron chi connectivity index (χ4n) is 3.04. The van der Waals surface area contributed by atoms with Gasteiger partial charge in [0, 0.05) is 25.2 Å². The van der Waals surface area contributed by atoms with Crippen LogP contribution in [0.1, 0.15) is 11.6 Å². The van der Waals surface area contributed by atoms with Gasteiger partial charge >= 0.3 is 0 Å². The molecule has 0 bridgehead atoms. The van der Waals surface area contributed by atoms with Crippen molar-refractivity contribution >= 4 is 10.0 Å². The van der Waals surface area contributed by atoms with E-state index in [9.17, 15) is 12.8 Å². The smallest absolute Gasteiger partial charge is 0.243 e. The zero-order valence-electron chi connectivity index (χ0n) is 14.2. The van der Waals surface area contributed by atoms with E-state index >= 15 is 0 Å². The Hall–Kier alpha value is -1.96. The van der Waals surface area contributed by atoms with Crippen LogP contribution in [0, 0.1) is 5.82 Å². The predicted octanol–water partition coefficient (Wildman–Crippen LogP) is 2.51. The maximum absolute atomic E-state index is 14.2. The van der Waals surface area contributed by atoms with Gasteiger partial charge in [-0.3, -0.25) is 4.90 Å². The summed E-state index contributed by atoms with van der Waals surface area (Å²) in [5.74, 6) is 0.282. The molecule has 0 radical (unpaired) electrons. The molecule has 1 heterocycles. The van der Waals surface area contributed by atoms with E-state index in [2.05, 4.69) is 0 Å². The minimum Gasteiger partial charge on any atom is -0.497 e. The Morgan fingerprint density at radius 3 is 2.40 bits per heavy atom. The van der Waals surface area contributed by atoms with E-state index in [0.29, 0.717) is 24.4 Å². The van der Waals surface area contributed by atoms with Gasteiger partial charge in [0.05, 0.1) is 18.0 Å². The maximum Gasteiger partial charge on any atom is 0.243 e. The summed E-state index contributed by atoms with van der Waals surface area (Å²) in [6.07, 6.45) is 0. The second kappa shape index (κ2) is 7.11. The lowest BCUT2D eigenvalue weighted by Crippen LogP contribution is -2.49. The Morgan fingerprint density at radius 1 is 1.08 bits per heavy atom. The molecule has 1 aliphatic rings. The van der Waals surface area contributed by atoms with Crippen LogP contribution in [0.3, 0.4) is 0 Å². The number of ether oxygens (including phenoxy) is 1. The highest BCUT2D eigenvalue weighted by Gasteiger charge is 2.34. The molecule has 0 spiro atoms. The highest BCUT2D eigenvalue weighted by atomic mass is 32.2. The fourth-order valence-corrected chi connectivity index (χ4v) is 4.48. The van der Waals surface area contributed by atoms with Crippen molar-refractivity contribution in [2.45, 2.75) is 10.9 Å². The Balaban J connectivity index is 1.88. The van der Waals surface area contributed by atoms with Gasteiger partial charge in [-0.1, -0.05) is 18.2 Å². The van der Waals surface area contributed by atoms with E-state index in [1.807, 2.05) is 11.9 Å². The zero-order chi connectivity index (χ0) is 18.0. The van der Waals surface area contributed by atoms with Gasteiger partial charge in [0.15, 0.2) is 0 Å². The van der Waals surface area contributed by atoms with Gasteiger partial charge in [0.2, 0.25) is 10.0 Å². The highest BCUT2D eigenvalue weighted by molar-refractivity contribution is 7.89. The third-order valence-corrected chi connectivity index (χ3v) is 6.45. The van der Waals surface area contributed by atoms with Gasteiger partial charge in [-0.15, -0.1) is 0 Å². The van der Waals surface area contributed by atoms with Crippen LogP contribution in [-0.4, -0.2) is 51.4 Å². The second-order valence-corrected chi connectivity index (χ2v) is 7.99. The van der Waals surface area contributed by atoms with Crippen LogP contribution in [0.4, 0.5) is 4.39 Å².